The van der Waals surface area contributed by atoms with E-state index in [1.165, 1.54) is 0 Å². The van der Waals surface area contributed by atoms with Crippen molar-refractivity contribution in [3.05, 3.63) is 87.2 Å². The molecule has 0 saturated carbocycles. The Labute approximate surface area is 191 Å². The van der Waals surface area contributed by atoms with Crippen LogP contribution in [0.15, 0.2) is 76.1 Å². The van der Waals surface area contributed by atoms with Gasteiger partial charge in [-0.25, -0.2) is 0 Å². The highest BCUT2D eigenvalue weighted by atomic mass is 79.9. The zero-order valence-electron chi connectivity index (χ0n) is 15.5. The van der Waals surface area contributed by atoms with E-state index < -0.39 is 0 Å². The molecule has 3 N–H and O–H groups in total. The van der Waals surface area contributed by atoms with E-state index >= 15 is 0 Å². The summed E-state index contributed by atoms with van der Waals surface area (Å²) in [4.78, 5) is 13.0. The maximum absolute atomic E-state index is 11.9. The van der Waals surface area contributed by atoms with Gasteiger partial charge in [-0.05, 0) is 46.1 Å². The summed E-state index contributed by atoms with van der Waals surface area (Å²) >= 11 is 9.95. The minimum absolute atomic E-state index is 0.200. The molecule has 7 heteroatoms. The number of hydrogen-bond acceptors (Lipinski definition) is 4. The molecule has 4 nitrogen and oxygen atoms in total. The standard InChI is InChI=1S/C23H14BrN3OS2/c24-14-8-6-13(7-9-14)15-10-11-16(12-4-2-1-3-5-12)18-17(15)19(26-21(18)25)20-22(29)27-23(28)30-20/h1-11H,(H2,25,26)(H,27,28,29). The van der Waals surface area contributed by atoms with Gasteiger partial charge in [0.1, 0.15) is 10.8 Å². The minimum atomic E-state index is -0.200. The van der Waals surface area contributed by atoms with E-state index in [2.05, 4.69) is 38.7 Å². The maximum Gasteiger partial charge on any atom is 0.289 e. The molecule has 0 radical (unpaired) electrons. The summed E-state index contributed by atoms with van der Waals surface area (Å²) in [6.45, 7) is 0. The molecule has 3 aromatic carbocycles. The van der Waals surface area contributed by atoms with E-state index in [4.69, 9.17) is 17.6 Å². The molecule has 30 heavy (non-hydrogen) atoms. The zero-order chi connectivity index (χ0) is 20.8. The first-order chi connectivity index (χ1) is 14.5. The Hall–Kier alpha value is -2.74. The van der Waals surface area contributed by atoms with Gasteiger partial charge in [-0.1, -0.05) is 82.7 Å². The average molecular weight is 492 g/mol. The molecule has 1 fully saturated rings. The van der Waals surface area contributed by atoms with Gasteiger partial charge >= 0.3 is 0 Å². The Morgan fingerprint density at radius 1 is 0.833 bits per heavy atom. The number of nitrogens with one attached hydrogen (secondary N) is 3. The number of amides is 1. The smallest absolute Gasteiger partial charge is 0.289 e. The summed E-state index contributed by atoms with van der Waals surface area (Å²) in [5, 5.41) is 14.4. The summed E-state index contributed by atoms with van der Waals surface area (Å²) in [7, 11) is 0. The van der Waals surface area contributed by atoms with Crippen LogP contribution in [0.4, 0.5) is 4.79 Å². The van der Waals surface area contributed by atoms with E-state index in [1.54, 1.807) is 0 Å². The van der Waals surface area contributed by atoms with E-state index in [1.807, 2.05) is 54.6 Å². The molecule has 0 bridgehead atoms. The lowest BCUT2D eigenvalue weighted by atomic mass is 9.89. The number of thiocarbonyl (C=S) groups is 1. The van der Waals surface area contributed by atoms with E-state index in [-0.39, 0.29) is 5.24 Å². The van der Waals surface area contributed by atoms with Crippen LogP contribution in [0.5, 0.6) is 0 Å². The van der Waals surface area contributed by atoms with Crippen LogP contribution in [0, 0.1) is 5.41 Å². The number of rotatable bonds is 2. The van der Waals surface area contributed by atoms with Gasteiger partial charge < -0.3 is 10.6 Å². The second-order valence-electron chi connectivity index (χ2n) is 6.83. The Balaban J connectivity index is 1.83. The maximum atomic E-state index is 11.9. The average Bonchev–Trinajstić information content (AvgIpc) is 3.27. The summed E-state index contributed by atoms with van der Waals surface area (Å²) in [6, 6.07) is 22.2. The summed E-state index contributed by atoms with van der Waals surface area (Å²) in [5.41, 5.74) is 6.42. The fourth-order valence-electron chi connectivity index (χ4n) is 3.75. The number of carbonyl (C=O) groups is 1. The molecule has 146 valence electrons. The third kappa shape index (κ3) is 3.19. The summed E-state index contributed by atoms with van der Waals surface area (Å²) < 4.78 is 0.996. The number of amidine groups is 1. The molecule has 2 heterocycles. The topological polar surface area (TPSA) is 65.0 Å². The Morgan fingerprint density at radius 3 is 2.10 bits per heavy atom. The highest BCUT2D eigenvalue weighted by Gasteiger charge is 2.34. The quantitative estimate of drug-likeness (QED) is 0.296. The van der Waals surface area contributed by atoms with Gasteiger partial charge in [0.05, 0.1) is 10.6 Å². The lowest BCUT2D eigenvalue weighted by molar-refractivity contribution is 0.265. The van der Waals surface area contributed by atoms with Crippen LogP contribution in [0.1, 0.15) is 11.1 Å². The zero-order valence-corrected chi connectivity index (χ0v) is 18.7. The van der Waals surface area contributed by atoms with E-state index in [0.29, 0.717) is 21.4 Å². The Bertz CT molecular complexity index is 1270. The van der Waals surface area contributed by atoms with Gasteiger partial charge in [-0.15, -0.1) is 0 Å². The molecule has 1 saturated heterocycles. The minimum Gasteiger partial charge on any atom is -0.339 e. The lowest BCUT2D eigenvalue weighted by Gasteiger charge is -2.14. The van der Waals surface area contributed by atoms with E-state index in [9.17, 15) is 4.79 Å². The van der Waals surface area contributed by atoms with Crippen molar-refractivity contribution in [3.8, 4) is 22.3 Å². The van der Waals surface area contributed by atoms with Crippen molar-refractivity contribution in [2.45, 2.75) is 0 Å². The molecule has 0 unspecified atom stereocenters. The van der Waals surface area contributed by atoms with Crippen molar-refractivity contribution in [2.75, 3.05) is 0 Å². The molecular formula is C23H14BrN3OS2. The molecule has 3 aromatic rings. The van der Waals surface area contributed by atoms with Gasteiger partial charge in [0.25, 0.3) is 5.24 Å². The molecule has 1 amide bonds. The van der Waals surface area contributed by atoms with Gasteiger partial charge in [0.15, 0.2) is 0 Å². The van der Waals surface area contributed by atoms with Crippen LogP contribution in [0.25, 0.3) is 28.0 Å². The first kappa shape index (κ1) is 19.2. The van der Waals surface area contributed by atoms with Gasteiger partial charge in [-0.3, -0.25) is 10.2 Å². The van der Waals surface area contributed by atoms with Crippen molar-refractivity contribution in [3.63, 3.8) is 0 Å². The van der Waals surface area contributed by atoms with Gasteiger partial charge in [0, 0.05) is 15.6 Å². The first-order valence-corrected chi connectivity index (χ1v) is 11.2. The monoisotopic (exact) mass is 491 g/mol. The number of fused-ring (bicyclic) bond motifs is 1. The Morgan fingerprint density at radius 2 is 1.47 bits per heavy atom. The van der Waals surface area contributed by atoms with Gasteiger partial charge in [0.2, 0.25) is 0 Å². The summed E-state index contributed by atoms with van der Waals surface area (Å²) in [6.07, 6.45) is 0. The van der Waals surface area contributed by atoms with Crippen LogP contribution < -0.4 is 10.6 Å². The predicted molar refractivity (Wildman–Crippen MR) is 131 cm³/mol. The van der Waals surface area contributed by atoms with Gasteiger partial charge in [-0.2, -0.15) is 0 Å². The number of halogens is 1. The third-order valence-electron chi connectivity index (χ3n) is 5.04. The molecule has 2 aliphatic heterocycles. The number of hydrogen-bond donors (Lipinski definition) is 3. The first-order valence-electron chi connectivity index (χ1n) is 9.15. The second-order valence-corrected chi connectivity index (χ2v) is 9.14. The molecule has 0 atom stereocenters. The number of thioether (sulfide) groups is 1. The van der Waals surface area contributed by atoms with Crippen molar-refractivity contribution >= 4 is 61.7 Å². The fourth-order valence-corrected chi connectivity index (χ4v) is 5.14. The molecule has 5 rings (SSSR count). The van der Waals surface area contributed by atoms with E-state index in [0.717, 1.165) is 49.6 Å². The molecule has 0 aliphatic carbocycles. The molecule has 0 spiro atoms. The highest BCUT2D eigenvalue weighted by molar-refractivity contribution is 9.10. The fraction of sp³-hybridized carbons (Fsp3) is 0. The molecule has 0 aromatic heterocycles. The lowest BCUT2D eigenvalue weighted by Crippen LogP contribution is -2.19. The molecular weight excluding hydrogens is 478 g/mol. The van der Waals surface area contributed by atoms with Crippen LogP contribution in [0.2, 0.25) is 0 Å². The van der Waals surface area contributed by atoms with Crippen LogP contribution >= 0.6 is 39.9 Å². The van der Waals surface area contributed by atoms with Crippen molar-refractivity contribution in [1.82, 2.24) is 10.6 Å². The third-order valence-corrected chi connectivity index (χ3v) is 6.90. The van der Waals surface area contributed by atoms with Crippen molar-refractivity contribution in [1.29, 1.82) is 5.41 Å². The number of benzene rings is 3. The SMILES string of the molecule is N=C1NC(=C2SC(=O)NC2=S)c2c(-c3ccc(Br)cc3)ccc(-c3ccccc3)c21. The van der Waals surface area contributed by atoms with Crippen LogP contribution in [-0.2, 0) is 0 Å². The van der Waals surface area contributed by atoms with Crippen molar-refractivity contribution in [2.24, 2.45) is 0 Å². The highest BCUT2D eigenvalue weighted by Crippen LogP contribution is 2.44. The Kier molecular flexibility index (Phi) is 4.81. The largest absolute Gasteiger partial charge is 0.339 e. The van der Waals surface area contributed by atoms with Crippen molar-refractivity contribution < 1.29 is 4.79 Å². The molecule has 2 aliphatic rings. The normalized spacial score (nSPS) is 17.7. The van der Waals surface area contributed by atoms with Crippen LogP contribution in [-0.4, -0.2) is 16.1 Å². The van der Waals surface area contributed by atoms with Crippen LogP contribution in [0.3, 0.4) is 0 Å². The summed E-state index contributed by atoms with van der Waals surface area (Å²) in [5.74, 6) is 0.299. The second kappa shape index (κ2) is 7.50. The number of carbonyl (C=O) groups excluding carboxylic acids is 1. The predicted octanol–water partition coefficient (Wildman–Crippen LogP) is 6.16.